The van der Waals surface area contributed by atoms with E-state index in [4.69, 9.17) is 9.72 Å². The number of likely N-dealkylation sites (tertiary alicyclic amines) is 1. The molecule has 2 saturated carbocycles. The molecule has 7 unspecified atom stereocenters. The van der Waals surface area contributed by atoms with E-state index < -0.39 is 17.5 Å². The number of aliphatic imine (C=N–C) groups is 1. The van der Waals surface area contributed by atoms with Crippen LogP contribution in [0, 0.1) is 29.1 Å². The van der Waals surface area contributed by atoms with Crippen LogP contribution < -0.4 is 21.3 Å². The Bertz CT molecular complexity index is 1990. The summed E-state index contributed by atoms with van der Waals surface area (Å²) in [7, 11) is 0. The predicted molar refractivity (Wildman–Crippen MR) is 244 cm³/mol. The van der Waals surface area contributed by atoms with E-state index in [1.807, 2.05) is 17.8 Å². The Morgan fingerprint density at radius 2 is 1.83 bits per heavy atom. The summed E-state index contributed by atoms with van der Waals surface area (Å²) in [4.78, 5) is 55.7. The fourth-order valence-corrected chi connectivity index (χ4v) is 11.9. The summed E-state index contributed by atoms with van der Waals surface area (Å²) in [5, 5.41) is 15.2. The molecule has 16 heteroatoms. The highest BCUT2D eigenvalue weighted by atomic mass is 32.1. The van der Waals surface area contributed by atoms with Gasteiger partial charge in [-0.05, 0) is 125 Å². The predicted octanol–water partition coefficient (Wildman–Crippen LogP) is 7.54. The first kappa shape index (κ1) is 48.2. The zero-order valence-corrected chi connectivity index (χ0v) is 38.9. The topological polar surface area (TPSA) is 150 Å². The van der Waals surface area contributed by atoms with Crippen molar-refractivity contribution in [1.82, 2.24) is 30.8 Å². The lowest BCUT2D eigenvalue weighted by atomic mass is 9.74. The van der Waals surface area contributed by atoms with Gasteiger partial charge in [-0.3, -0.25) is 24.4 Å². The molecule has 5 heterocycles. The van der Waals surface area contributed by atoms with Crippen LogP contribution in [0.5, 0.6) is 0 Å². The number of rotatable bonds is 15. The number of hydrogen-bond donors (Lipinski definition) is 4. The highest BCUT2D eigenvalue weighted by molar-refractivity contribution is 7.14. The van der Waals surface area contributed by atoms with Crippen molar-refractivity contribution in [3.8, 4) is 0 Å². The minimum atomic E-state index is -4.40. The zero-order chi connectivity index (χ0) is 45.5. The molecule has 12 nitrogen and oxygen atoms in total. The van der Waals surface area contributed by atoms with Crippen molar-refractivity contribution in [1.29, 1.82) is 0 Å². The Morgan fingerprint density at radius 1 is 1.00 bits per heavy atom. The summed E-state index contributed by atoms with van der Waals surface area (Å²) >= 11 is 1.27. The van der Waals surface area contributed by atoms with Gasteiger partial charge in [0.2, 0.25) is 17.7 Å². The maximum atomic E-state index is 14.3. The van der Waals surface area contributed by atoms with Crippen molar-refractivity contribution in [2.24, 2.45) is 34.1 Å². The molecule has 352 valence electrons. The molecule has 5 aliphatic rings. The second kappa shape index (κ2) is 21.3. The van der Waals surface area contributed by atoms with E-state index in [-0.39, 0.29) is 48.1 Å². The maximum absolute atomic E-state index is 14.3. The quantitative estimate of drug-likeness (QED) is 0.143. The number of hydrogen-bond acceptors (Lipinski definition) is 10. The van der Waals surface area contributed by atoms with E-state index in [2.05, 4.69) is 63.0 Å². The van der Waals surface area contributed by atoms with Gasteiger partial charge in [-0.15, -0.1) is 11.3 Å². The van der Waals surface area contributed by atoms with Gasteiger partial charge in [0.05, 0.1) is 29.0 Å². The van der Waals surface area contributed by atoms with E-state index in [0.717, 1.165) is 109 Å². The normalized spacial score (nSPS) is 30.4. The fourth-order valence-electron chi connectivity index (χ4n) is 11.1. The Balaban J connectivity index is 0.929. The number of halogens is 3. The number of carbonyl (C=O) groups is 3. The van der Waals surface area contributed by atoms with Gasteiger partial charge in [-0.1, -0.05) is 39.7 Å². The van der Waals surface area contributed by atoms with Crippen LogP contribution in [0.3, 0.4) is 0 Å². The minimum absolute atomic E-state index is 0.0259. The molecule has 0 bridgehead atoms. The molecule has 64 heavy (non-hydrogen) atoms. The van der Waals surface area contributed by atoms with Crippen molar-refractivity contribution in [2.75, 3.05) is 44.7 Å². The number of thiazole rings is 1. The number of alkyl halides is 3. The highest BCUT2D eigenvalue weighted by Gasteiger charge is 2.50. The van der Waals surface area contributed by atoms with Gasteiger partial charge in [-0.25, -0.2) is 4.98 Å². The van der Waals surface area contributed by atoms with Crippen LogP contribution in [-0.4, -0.2) is 102 Å². The molecule has 2 aromatic rings. The third kappa shape index (κ3) is 11.8. The van der Waals surface area contributed by atoms with Gasteiger partial charge in [0.1, 0.15) is 0 Å². The molecule has 0 radical (unpaired) electrons. The van der Waals surface area contributed by atoms with Crippen LogP contribution in [-0.2, 0) is 37.4 Å². The molecule has 3 amide bonds. The van der Waals surface area contributed by atoms with E-state index in [1.165, 1.54) is 30.0 Å². The van der Waals surface area contributed by atoms with E-state index in [1.54, 1.807) is 0 Å². The van der Waals surface area contributed by atoms with Crippen molar-refractivity contribution >= 4 is 40.4 Å². The highest BCUT2D eigenvalue weighted by Crippen LogP contribution is 2.46. The number of pyridine rings is 1. The van der Waals surface area contributed by atoms with Crippen LogP contribution in [0.2, 0.25) is 0 Å². The Kier molecular flexibility index (Phi) is 16.0. The first-order valence-corrected chi connectivity index (χ1v) is 24.6. The molecule has 2 aliphatic carbocycles. The average Bonchev–Trinajstić information content (AvgIpc) is 4.02. The molecule has 4 fully saturated rings. The molecule has 7 rings (SSSR count). The summed E-state index contributed by atoms with van der Waals surface area (Å²) < 4.78 is 46.1. The molecule has 8 atom stereocenters. The average molecular weight is 911 g/mol. The van der Waals surface area contributed by atoms with Gasteiger partial charge in [0, 0.05) is 74.9 Å². The molecular weight excluding hydrogens is 842 g/mol. The van der Waals surface area contributed by atoms with Crippen molar-refractivity contribution in [2.45, 2.75) is 147 Å². The van der Waals surface area contributed by atoms with Gasteiger partial charge < -0.3 is 30.9 Å². The molecule has 2 saturated heterocycles. The van der Waals surface area contributed by atoms with E-state index in [0.29, 0.717) is 59.7 Å². The maximum Gasteiger partial charge on any atom is 0.396 e. The van der Waals surface area contributed by atoms with Gasteiger partial charge in [0.25, 0.3) is 0 Å². The number of nitrogens with zero attached hydrogens (tertiary/aromatic N) is 4. The van der Waals surface area contributed by atoms with Gasteiger partial charge >= 0.3 is 6.18 Å². The fraction of sp³-hybridized carbons (Fsp3) is 0.708. The lowest BCUT2D eigenvalue weighted by Crippen LogP contribution is -2.48. The first-order chi connectivity index (χ1) is 30.6. The van der Waals surface area contributed by atoms with Crippen LogP contribution in [0.4, 0.5) is 18.3 Å². The lowest BCUT2D eigenvalue weighted by Gasteiger charge is -2.35. The molecule has 2 aromatic heterocycles. The van der Waals surface area contributed by atoms with Gasteiger partial charge in [0.15, 0.2) is 5.13 Å². The molecule has 0 spiro atoms. The van der Waals surface area contributed by atoms with E-state index >= 15 is 0 Å². The monoisotopic (exact) mass is 911 g/mol. The van der Waals surface area contributed by atoms with Crippen LogP contribution >= 0.6 is 11.3 Å². The molecule has 0 aromatic carbocycles. The minimum Gasteiger partial charge on any atom is -0.381 e. The second-order valence-electron chi connectivity index (χ2n) is 19.8. The molecule has 3 aliphatic heterocycles. The standard InChI is InChI=1S/C48H69F3N8O4S/c1-31(2)46(13-8-39(22-46)57-41-12-18-63-29-32(41)3)43(61)54-15-10-35-20-36(25-52-24-35)19-34-7-5-6-16-59(17-11-34)40-9-14-47(23-40,42-30-64-45(58-42)56-33(4)60)44(62)55-27-37-21-38(28-53-26-37)48(49,50)51/h20,24-26,28,30-32,34,38-41,57H,5-19,21-23,27,29H2,1-4H3,(H,54,61)(H,55,62)(H,56,58,60)/t32?,34?,38?,39?,40?,41?,46-,47?/m0/s1. The largest absolute Gasteiger partial charge is 0.396 e. The van der Waals surface area contributed by atoms with Crippen LogP contribution in [0.25, 0.3) is 0 Å². The van der Waals surface area contributed by atoms with Crippen molar-refractivity contribution in [3.05, 3.63) is 52.4 Å². The smallest absolute Gasteiger partial charge is 0.381 e. The van der Waals surface area contributed by atoms with Gasteiger partial charge in [-0.2, -0.15) is 13.2 Å². The lowest BCUT2D eigenvalue weighted by molar-refractivity contribution is -0.154. The van der Waals surface area contributed by atoms with Crippen LogP contribution in [0.15, 0.2) is 40.6 Å². The Morgan fingerprint density at radius 3 is 2.61 bits per heavy atom. The third-order valence-electron chi connectivity index (χ3n) is 15.0. The van der Waals surface area contributed by atoms with Crippen molar-refractivity contribution in [3.63, 3.8) is 0 Å². The number of ether oxygens (including phenoxy) is 1. The zero-order valence-electron chi connectivity index (χ0n) is 38.1. The Hall–Kier alpha value is -3.73. The number of anilines is 1. The first-order valence-electron chi connectivity index (χ1n) is 23.7. The summed E-state index contributed by atoms with van der Waals surface area (Å²) in [6.07, 6.45) is 13.2. The summed E-state index contributed by atoms with van der Waals surface area (Å²) in [5.74, 6) is -0.817. The third-order valence-corrected chi connectivity index (χ3v) is 15.8. The molecular formula is C48H69F3N8O4S. The number of amides is 3. The Labute approximate surface area is 380 Å². The summed E-state index contributed by atoms with van der Waals surface area (Å²) in [5.41, 5.74) is 1.99. The summed E-state index contributed by atoms with van der Waals surface area (Å²) in [6, 6.07) is 3.17. The molecule has 4 N–H and O–H groups in total. The SMILES string of the molecule is CC(=O)Nc1nc(C2(C(=O)NCC3=CN=CC(C(F)(F)F)C3)CCC(N3CCCCC(Cc4cncc(CCNC(=O)[C@@]5(C(C)C)CCC(NC6CCOCC6C)C5)c4)CC3)C2)cs1. The van der Waals surface area contributed by atoms with Crippen molar-refractivity contribution < 1.29 is 32.3 Å². The summed E-state index contributed by atoms with van der Waals surface area (Å²) in [6.45, 7) is 12.0. The van der Waals surface area contributed by atoms with E-state index in [9.17, 15) is 27.6 Å². The number of aromatic nitrogens is 2. The van der Waals surface area contributed by atoms with Crippen LogP contribution in [0.1, 0.15) is 122 Å². The second-order valence-corrected chi connectivity index (χ2v) is 20.6. The number of nitrogens with one attached hydrogen (secondary N) is 4. The number of carbonyl (C=O) groups excluding carboxylic acids is 3.